The van der Waals surface area contributed by atoms with Crippen molar-refractivity contribution in [2.75, 3.05) is 13.1 Å². The second-order valence-electron chi connectivity index (χ2n) is 3.61. The van der Waals surface area contributed by atoms with Crippen LogP contribution in [0.25, 0.3) is 0 Å². The van der Waals surface area contributed by atoms with Crippen molar-refractivity contribution in [2.24, 2.45) is 11.5 Å². The largest absolute Gasteiger partial charge is 0.573 e. The van der Waals surface area contributed by atoms with Gasteiger partial charge in [-0.3, -0.25) is 0 Å². The Hall–Kier alpha value is -1.27. The maximum Gasteiger partial charge on any atom is 0.573 e. The second kappa shape index (κ2) is 5.88. The van der Waals surface area contributed by atoms with E-state index in [9.17, 15) is 13.2 Å². The van der Waals surface area contributed by atoms with Crippen LogP contribution >= 0.6 is 0 Å². The molecule has 0 spiro atoms. The van der Waals surface area contributed by atoms with Crippen LogP contribution < -0.4 is 16.2 Å². The number of halogens is 3. The van der Waals surface area contributed by atoms with Gasteiger partial charge in [-0.2, -0.15) is 0 Å². The first-order chi connectivity index (χ1) is 7.94. The van der Waals surface area contributed by atoms with E-state index in [4.69, 9.17) is 11.5 Å². The summed E-state index contributed by atoms with van der Waals surface area (Å²) < 4.78 is 40.2. The van der Waals surface area contributed by atoms with Gasteiger partial charge in [-0.15, -0.1) is 13.2 Å². The van der Waals surface area contributed by atoms with Crippen molar-refractivity contribution in [1.29, 1.82) is 0 Å². The third-order valence-corrected chi connectivity index (χ3v) is 2.13. The molecule has 96 valence electrons. The van der Waals surface area contributed by atoms with E-state index in [0.29, 0.717) is 25.9 Å². The Labute approximate surface area is 97.5 Å². The Balaban J connectivity index is 2.94. The molecule has 0 aliphatic heterocycles. The van der Waals surface area contributed by atoms with Crippen LogP contribution in [0.2, 0.25) is 0 Å². The van der Waals surface area contributed by atoms with Crippen LogP contribution in [0, 0.1) is 0 Å². The highest BCUT2D eigenvalue weighted by Crippen LogP contribution is 2.25. The summed E-state index contributed by atoms with van der Waals surface area (Å²) in [5, 5.41) is 0. The van der Waals surface area contributed by atoms with E-state index in [1.54, 1.807) is 6.07 Å². The Morgan fingerprint density at radius 1 is 0.941 bits per heavy atom. The number of benzene rings is 1. The zero-order valence-electron chi connectivity index (χ0n) is 9.26. The molecule has 0 fully saturated rings. The number of ether oxygens (including phenoxy) is 1. The van der Waals surface area contributed by atoms with Crippen molar-refractivity contribution in [2.45, 2.75) is 19.2 Å². The summed E-state index contributed by atoms with van der Waals surface area (Å²) in [5.74, 6) is -0.216. The summed E-state index contributed by atoms with van der Waals surface area (Å²) in [4.78, 5) is 0. The van der Waals surface area contributed by atoms with E-state index in [2.05, 4.69) is 4.74 Å². The minimum absolute atomic E-state index is 0.216. The third-order valence-electron chi connectivity index (χ3n) is 2.13. The average Bonchev–Trinajstić information content (AvgIpc) is 2.15. The molecule has 0 bridgehead atoms. The number of nitrogens with two attached hydrogens (primary N) is 2. The molecular formula is C11H15F3N2O. The van der Waals surface area contributed by atoms with Crippen LogP contribution in [-0.2, 0) is 12.8 Å². The fourth-order valence-electron chi connectivity index (χ4n) is 1.54. The predicted octanol–water partition coefficient (Wildman–Crippen LogP) is 1.59. The first kappa shape index (κ1) is 13.8. The molecule has 0 amide bonds. The molecular weight excluding hydrogens is 233 g/mol. The van der Waals surface area contributed by atoms with E-state index in [-0.39, 0.29) is 5.75 Å². The van der Waals surface area contributed by atoms with Crippen LogP contribution in [0.3, 0.4) is 0 Å². The van der Waals surface area contributed by atoms with Gasteiger partial charge < -0.3 is 16.2 Å². The van der Waals surface area contributed by atoms with Gasteiger partial charge in [0.25, 0.3) is 0 Å². The molecule has 0 atom stereocenters. The molecule has 17 heavy (non-hydrogen) atoms. The van der Waals surface area contributed by atoms with Gasteiger partial charge in [0.15, 0.2) is 0 Å². The maximum atomic E-state index is 12.1. The Bertz CT molecular complexity index is 342. The summed E-state index contributed by atoms with van der Waals surface area (Å²) in [7, 11) is 0. The lowest BCUT2D eigenvalue weighted by Gasteiger charge is -2.12. The molecule has 0 unspecified atom stereocenters. The normalized spacial score (nSPS) is 11.6. The van der Waals surface area contributed by atoms with Crippen LogP contribution in [0.5, 0.6) is 5.75 Å². The molecule has 0 saturated heterocycles. The summed E-state index contributed by atoms with van der Waals surface area (Å²) in [6, 6.07) is 4.49. The number of alkyl halides is 3. The van der Waals surface area contributed by atoms with E-state index in [0.717, 1.165) is 11.1 Å². The van der Waals surface area contributed by atoms with Gasteiger partial charge in [0.1, 0.15) is 5.75 Å². The minimum atomic E-state index is -4.68. The average molecular weight is 248 g/mol. The topological polar surface area (TPSA) is 61.3 Å². The monoisotopic (exact) mass is 248 g/mol. The van der Waals surface area contributed by atoms with Crippen LogP contribution in [-0.4, -0.2) is 19.5 Å². The Morgan fingerprint density at radius 3 is 1.76 bits per heavy atom. The summed E-state index contributed by atoms with van der Waals surface area (Å²) in [5.41, 5.74) is 12.2. The second-order valence-corrected chi connectivity index (χ2v) is 3.61. The Morgan fingerprint density at radius 2 is 1.41 bits per heavy atom. The summed E-state index contributed by atoms with van der Waals surface area (Å²) in [6.07, 6.45) is -3.67. The van der Waals surface area contributed by atoms with E-state index in [1.165, 1.54) is 12.1 Å². The summed E-state index contributed by atoms with van der Waals surface area (Å²) >= 11 is 0. The van der Waals surface area contributed by atoms with Crippen LogP contribution in [0.1, 0.15) is 11.1 Å². The lowest BCUT2D eigenvalue weighted by molar-refractivity contribution is -0.274. The van der Waals surface area contributed by atoms with Crippen molar-refractivity contribution < 1.29 is 17.9 Å². The van der Waals surface area contributed by atoms with Crippen molar-refractivity contribution >= 4 is 0 Å². The Kier molecular flexibility index (Phi) is 4.77. The van der Waals surface area contributed by atoms with Gasteiger partial charge >= 0.3 is 6.36 Å². The highest BCUT2D eigenvalue weighted by Gasteiger charge is 2.31. The third kappa shape index (κ3) is 5.06. The lowest BCUT2D eigenvalue weighted by Crippen LogP contribution is -2.17. The van der Waals surface area contributed by atoms with E-state index < -0.39 is 6.36 Å². The number of hydrogen-bond acceptors (Lipinski definition) is 3. The van der Waals surface area contributed by atoms with Crippen molar-refractivity contribution in [3.8, 4) is 5.75 Å². The molecule has 0 heterocycles. The van der Waals surface area contributed by atoms with Gasteiger partial charge in [-0.25, -0.2) is 0 Å². The quantitative estimate of drug-likeness (QED) is 0.831. The van der Waals surface area contributed by atoms with Gasteiger partial charge in [0.2, 0.25) is 0 Å². The van der Waals surface area contributed by atoms with Crippen LogP contribution in [0.15, 0.2) is 18.2 Å². The zero-order valence-corrected chi connectivity index (χ0v) is 9.26. The maximum absolute atomic E-state index is 12.1. The summed E-state index contributed by atoms with van der Waals surface area (Å²) in [6.45, 7) is 0.745. The van der Waals surface area contributed by atoms with Crippen molar-refractivity contribution in [3.05, 3.63) is 29.3 Å². The fraction of sp³-hybridized carbons (Fsp3) is 0.455. The SMILES string of the molecule is NCCc1cc(CCN)cc(OC(F)(F)F)c1. The van der Waals surface area contributed by atoms with Gasteiger partial charge in [-0.1, -0.05) is 6.07 Å². The molecule has 1 aromatic rings. The van der Waals surface area contributed by atoms with Crippen molar-refractivity contribution in [3.63, 3.8) is 0 Å². The molecule has 6 heteroatoms. The lowest BCUT2D eigenvalue weighted by atomic mass is 10.1. The van der Waals surface area contributed by atoms with Crippen LogP contribution in [0.4, 0.5) is 13.2 Å². The number of rotatable bonds is 5. The molecule has 1 aromatic carbocycles. The zero-order chi connectivity index (χ0) is 12.9. The molecule has 0 aliphatic carbocycles. The van der Waals surface area contributed by atoms with Crippen molar-refractivity contribution in [1.82, 2.24) is 0 Å². The molecule has 4 N–H and O–H groups in total. The molecule has 0 aliphatic rings. The molecule has 0 saturated carbocycles. The highest BCUT2D eigenvalue weighted by molar-refractivity contribution is 5.35. The molecule has 0 radical (unpaired) electrons. The standard InChI is InChI=1S/C11H15F3N2O/c12-11(13,14)17-10-6-8(1-3-15)5-9(7-10)2-4-16/h5-7H,1-4,15-16H2. The number of hydrogen-bond donors (Lipinski definition) is 2. The molecule has 0 aromatic heterocycles. The smallest absolute Gasteiger partial charge is 0.406 e. The predicted molar refractivity (Wildman–Crippen MR) is 58.6 cm³/mol. The van der Waals surface area contributed by atoms with Gasteiger partial charge in [0, 0.05) is 0 Å². The van der Waals surface area contributed by atoms with Gasteiger partial charge in [-0.05, 0) is 49.2 Å². The first-order valence-corrected chi connectivity index (χ1v) is 5.23. The van der Waals surface area contributed by atoms with Gasteiger partial charge in [0.05, 0.1) is 0 Å². The van der Waals surface area contributed by atoms with E-state index >= 15 is 0 Å². The highest BCUT2D eigenvalue weighted by atomic mass is 19.4. The minimum Gasteiger partial charge on any atom is -0.406 e. The van der Waals surface area contributed by atoms with E-state index in [1.807, 2.05) is 0 Å². The first-order valence-electron chi connectivity index (χ1n) is 5.23. The fourth-order valence-corrected chi connectivity index (χ4v) is 1.54. The molecule has 3 nitrogen and oxygen atoms in total. The molecule has 1 rings (SSSR count).